The van der Waals surface area contributed by atoms with Crippen LogP contribution in [-0.4, -0.2) is 46.2 Å². The number of esters is 1. The highest BCUT2D eigenvalue weighted by molar-refractivity contribution is 5.69. The molecule has 2 saturated carbocycles. The Morgan fingerprint density at radius 3 is 2.30 bits per heavy atom. The second-order valence-corrected chi connectivity index (χ2v) is 9.86. The van der Waals surface area contributed by atoms with E-state index < -0.39 is 12.2 Å². The molecule has 30 heavy (non-hydrogen) atoms. The molecule has 0 bridgehead atoms. The average Bonchev–Trinajstić information content (AvgIpc) is 3.40. The Labute approximate surface area is 183 Å². The van der Waals surface area contributed by atoms with Gasteiger partial charge in [0.05, 0.1) is 24.9 Å². The van der Waals surface area contributed by atoms with Crippen molar-refractivity contribution in [1.29, 1.82) is 0 Å². The number of hydrogen-bond acceptors (Lipinski definition) is 5. The smallest absolute Gasteiger partial charge is 0.305 e. The Morgan fingerprint density at radius 1 is 0.933 bits per heavy atom. The SMILES string of the molecule is CCCCOC(=O)CCCCCC[C@@H]1[C@@H](CCC(O)CC2CC2CC)[C@H](O)C[C@@H]1O. The number of carbonyl (C=O) groups is 1. The van der Waals surface area contributed by atoms with Crippen molar-refractivity contribution in [1.82, 2.24) is 0 Å². The first-order chi connectivity index (χ1) is 14.5. The first kappa shape index (κ1) is 25.6. The molecule has 0 spiro atoms. The third-order valence-electron chi connectivity index (χ3n) is 7.45. The first-order valence-corrected chi connectivity index (χ1v) is 12.7. The average molecular weight is 427 g/mol. The van der Waals surface area contributed by atoms with Crippen LogP contribution in [0.25, 0.3) is 0 Å². The van der Waals surface area contributed by atoms with Gasteiger partial charge in [0.1, 0.15) is 0 Å². The topological polar surface area (TPSA) is 87.0 Å². The van der Waals surface area contributed by atoms with Gasteiger partial charge in [0.2, 0.25) is 0 Å². The standard InChI is InChI=1S/C25H46O5/c1-3-5-14-30-25(29)11-9-7-6-8-10-21-22(24(28)17-23(21)27)13-12-20(26)16-19-15-18(19)4-2/h18-24,26-28H,3-17H2,1-2H3/t18?,19?,20?,21-,22-,23+,24-/m1/s1. The summed E-state index contributed by atoms with van der Waals surface area (Å²) in [5.74, 6) is 1.65. The lowest BCUT2D eigenvalue weighted by molar-refractivity contribution is -0.143. The van der Waals surface area contributed by atoms with Crippen molar-refractivity contribution in [2.45, 2.75) is 122 Å². The molecule has 2 rings (SSSR count). The Bertz CT molecular complexity index is 482. The van der Waals surface area contributed by atoms with E-state index >= 15 is 0 Å². The molecule has 5 heteroatoms. The highest BCUT2D eigenvalue weighted by atomic mass is 16.5. The van der Waals surface area contributed by atoms with Crippen LogP contribution in [0.5, 0.6) is 0 Å². The number of aliphatic hydroxyl groups excluding tert-OH is 3. The normalized spacial score (nSPS) is 31.6. The fourth-order valence-electron chi connectivity index (χ4n) is 5.34. The lowest BCUT2D eigenvalue weighted by atomic mass is 9.84. The zero-order valence-corrected chi connectivity index (χ0v) is 19.3. The fraction of sp³-hybridized carbons (Fsp3) is 0.960. The van der Waals surface area contributed by atoms with Crippen molar-refractivity contribution in [2.75, 3.05) is 6.61 Å². The fourth-order valence-corrected chi connectivity index (χ4v) is 5.34. The molecule has 0 amide bonds. The molecule has 176 valence electrons. The van der Waals surface area contributed by atoms with Crippen LogP contribution in [0, 0.1) is 23.7 Å². The van der Waals surface area contributed by atoms with Crippen LogP contribution in [0.4, 0.5) is 0 Å². The lowest BCUT2D eigenvalue weighted by Crippen LogP contribution is -2.24. The van der Waals surface area contributed by atoms with E-state index in [2.05, 4.69) is 13.8 Å². The molecular formula is C25H46O5. The summed E-state index contributed by atoms with van der Waals surface area (Å²) >= 11 is 0. The van der Waals surface area contributed by atoms with Gasteiger partial charge in [0, 0.05) is 6.42 Å². The predicted octanol–water partition coefficient (Wildman–Crippen LogP) is 4.61. The van der Waals surface area contributed by atoms with Crippen molar-refractivity contribution < 1.29 is 24.9 Å². The number of unbranched alkanes of at least 4 members (excludes halogenated alkanes) is 4. The van der Waals surface area contributed by atoms with Crippen LogP contribution in [0.2, 0.25) is 0 Å². The quantitative estimate of drug-likeness (QED) is 0.248. The Kier molecular flexibility index (Phi) is 11.7. The summed E-state index contributed by atoms with van der Waals surface area (Å²) in [6.45, 7) is 4.83. The van der Waals surface area contributed by atoms with Crippen molar-refractivity contribution in [3.8, 4) is 0 Å². The molecule has 2 aliphatic rings. The monoisotopic (exact) mass is 426 g/mol. The summed E-state index contributed by atoms with van der Waals surface area (Å²) in [7, 11) is 0. The van der Waals surface area contributed by atoms with Gasteiger partial charge in [-0.05, 0) is 75.0 Å². The summed E-state index contributed by atoms with van der Waals surface area (Å²) < 4.78 is 5.18. The minimum atomic E-state index is -0.445. The van der Waals surface area contributed by atoms with Crippen molar-refractivity contribution in [2.24, 2.45) is 23.7 Å². The number of hydrogen-bond donors (Lipinski definition) is 3. The third-order valence-corrected chi connectivity index (χ3v) is 7.45. The summed E-state index contributed by atoms with van der Waals surface area (Å²) in [4.78, 5) is 11.6. The van der Waals surface area contributed by atoms with Gasteiger partial charge in [-0.25, -0.2) is 0 Å². The highest BCUT2D eigenvalue weighted by Crippen LogP contribution is 2.45. The molecule has 0 aliphatic heterocycles. The maximum Gasteiger partial charge on any atom is 0.305 e. The molecule has 2 fully saturated rings. The summed E-state index contributed by atoms with van der Waals surface area (Å²) in [5.41, 5.74) is 0. The molecule has 2 aliphatic carbocycles. The van der Waals surface area contributed by atoms with E-state index in [1.54, 1.807) is 0 Å². The van der Waals surface area contributed by atoms with Gasteiger partial charge in [-0.1, -0.05) is 46.0 Å². The molecule has 0 radical (unpaired) electrons. The van der Waals surface area contributed by atoms with E-state index in [-0.39, 0.29) is 23.9 Å². The molecule has 7 atom stereocenters. The van der Waals surface area contributed by atoms with E-state index in [0.717, 1.165) is 70.1 Å². The molecule has 0 aromatic rings. The molecule has 3 unspecified atom stereocenters. The zero-order chi connectivity index (χ0) is 21.9. The maximum atomic E-state index is 11.6. The molecule has 0 saturated heterocycles. The van der Waals surface area contributed by atoms with Crippen LogP contribution in [0.1, 0.15) is 104 Å². The van der Waals surface area contributed by atoms with Gasteiger partial charge in [0.15, 0.2) is 0 Å². The minimum Gasteiger partial charge on any atom is -0.466 e. The van der Waals surface area contributed by atoms with Gasteiger partial charge < -0.3 is 20.1 Å². The van der Waals surface area contributed by atoms with E-state index in [1.165, 1.54) is 12.8 Å². The summed E-state index contributed by atoms with van der Waals surface area (Å²) in [6.07, 6.45) is 11.5. The third kappa shape index (κ3) is 8.84. The highest BCUT2D eigenvalue weighted by Gasteiger charge is 2.41. The van der Waals surface area contributed by atoms with Crippen LogP contribution in [-0.2, 0) is 9.53 Å². The van der Waals surface area contributed by atoms with Gasteiger partial charge >= 0.3 is 5.97 Å². The van der Waals surface area contributed by atoms with E-state index in [0.29, 0.717) is 25.4 Å². The molecule has 3 N–H and O–H groups in total. The Balaban J connectivity index is 1.59. The zero-order valence-electron chi connectivity index (χ0n) is 19.3. The predicted molar refractivity (Wildman–Crippen MR) is 119 cm³/mol. The van der Waals surface area contributed by atoms with Crippen molar-refractivity contribution >= 4 is 5.97 Å². The minimum absolute atomic E-state index is 0.0899. The Hall–Kier alpha value is -0.650. The largest absolute Gasteiger partial charge is 0.466 e. The van der Waals surface area contributed by atoms with Gasteiger partial charge in [-0.3, -0.25) is 4.79 Å². The second kappa shape index (κ2) is 13.7. The van der Waals surface area contributed by atoms with Gasteiger partial charge in [-0.15, -0.1) is 0 Å². The van der Waals surface area contributed by atoms with E-state index in [9.17, 15) is 20.1 Å². The van der Waals surface area contributed by atoms with Crippen molar-refractivity contribution in [3.63, 3.8) is 0 Å². The van der Waals surface area contributed by atoms with Crippen LogP contribution in [0.15, 0.2) is 0 Å². The van der Waals surface area contributed by atoms with Gasteiger partial charge in [-0.2, -0.15) is 0 Å². The number of ether oxygens (including phenoxy) is 1. The number of aliphatic hydroxyl groups is 3. The van der Waals surface area contributed by atoms with E-state index in [4.69, 9.17) is 4.74 Å². The van der Waals surface area contributed by atoms with Crippen LogP contribution >= 0.6 is 0 Å². The molecule has 0 aromatic carbocycles. The van der Waals surface area contributed by atoms with Gasteiger partial charge in [0.25, 0.3) is 0 Å². The summed E-state index contributed by atoms with van der Waals surface area (Å²) in [5, 5.41) is 31.2. The first-order valence-electron chi connectivity index (χ1n) is 12.7. The number of carbonyl (C=O) groups excluding carboxylic acids is 1. The van der Waals surface area contributed by atoms with E-state index in [1.807, 2.05) is 0 Å². The maximum absolute atomic E-state index is 11.6. The molecule has 5 nitrogen and oxygen atoms in total. The molecular weight excluding hydrogens is 380 g/mol. The molecule has 0 aromatic heterocycles. The van der Waals surface area contributed by atoms with Crippen molar-refractivity contribution in [3.05, 3.63) is 0 Å². The Morgan fingerprint density at radius 2 is 1.63 bits per heavy atom. The summed E-state index contributed by atoms with van der Waals surface area (Å²) in [6, 6.07) is 0. The lowest BCUT2D eigenvalue weighted by Gasteiger charge is -2.24. The van der Waals surface area contributed by atoms with Crippen LogP contribution < -0.4 is 0 Å². The second-order valence-electron chi connectivity index (χ2n) is 9.86. The van der Waals surface area contributed by atoms with Crippen LogP contribution in [0.3, 0.4) is 0 Å². The number of rotatable bonds is 16. The molecule has 0 heterocycles.